The Morgan fingerprint density at radius 1 is 1.21 bits per heavy atom. The number of rotatable bonds is 8. The first-order valence-electron chi connectivity index (χ1n) is 7.38. The second-order valence-electron chi connectivity index (χ2n) is 5.65. The Balaban J connectivity index is 1.95. The predicted octanol–water partition coefficient (Wildman–Crippen LogP) is -1.03. The fraction of sp³-hybridized carbons (Fsp3) is 0.667. The molecule has 20 heteroatoms. The van der Waals surface area contributed by atoms with E-state index in [1.165, 1.54) is 0 Å². The average molecular weight is 499 g/mol. The van der Waals surface area contributed by atoms with E-state index in [9.17, 15) is 28.5 Å². The van der Waals surface area contributed by atoms with Crippen molar-refractivity contribution in [3.63, 3.8) is 0 Å². The van der Waals surface area contributed by atoms with Gasteiger partial charge in [0.25, 0.3) is 0 Å². The van der Waals surface area contributed by atoms with E-state index in [0.717, 1.165) is 4.90 Å². The first-order chi connectivity index (χ1) is 13.1. The van der Waals surface area contributed by atoms with E-state index < -0.39 is 54.5 Å². The summed E-state index contributed by atoms with van der Waals surface area (Å²) >= 11 is 4.94. The minimum absolute atomic E-state index is 0.108. The minimum Gasteiger partial charge on any atom is -0.390 e. The van der Waals surface area contributed by atoms with Gasteiger partial charge in [0, 0.05) is 6.42 Å². The maximum atomic E-state index is 11.9. The molecule has 2 aliphatic heterocycles. The number of aliphatic hydroxyl groups excluding tert-OH is 1. The number of hydrogen-bond acceptors (Lipinski definition) is 11. The molecular formula is C9H16N3O13P3S. The highest BCUT2D eigenvalue weighted by Gasteiger charge is 2.44. The van der Waals surface area contributed by atoms with Crippen molar-refractivity contribution in [2.75, 3.05) is 13.2 Å². The zero-order chi connectivity index (χ0) is 22.2. The van der Waals surface area contributed by atoms with Crippen LogP contribution in [-0.2, 0) is 31.6 Å². The van der Waals surface area contributed by atoms with Gasteiger partial charge >= 0.3 is 29.5 Å². The molecule has 5 atom stereocenters. The third-order valence-electron chi connectivity index (χ3n) is 3.43. The minimum atomic E-state index is -5.67. The van der Waals surface area contributed by atoms with Crippen LogP contribution in [0.3, 0.4) is 0 Å². The van der Waals surface area contributed by atoms with Crippen LogP contribution in [-0.4, -0.2) is 77.9 Å². The number of carbonyl (C=O) groups is 1. The second kappa shape index (κ2) is 8.85. The first-order valence-corrected chi connectivity index (χ1v) is 12.3. The Morgan fingerprint density at radius 2 is 1.83 bits per heavy atom. The fourth-order valence-corrected chi connectivity index (χ4v) is 5.50. The number of hydrogen-bond donors (Lipinski definition) is 6. The Morgan fingerprint density at radius 3 is 2.41 bits per heavy atom. The first kappa shape index (κ1) is 24.6. The molecule has 16 nitrogen and oxygen atoms in total. The molecule has 0 radical (unpaired) electrons. The van der Waals surface area contributed by atoms with E-state index in [1.54, 1.807) is 0 Å². The van der Waals surface area contributed by atoms with Gasteiger partial charge in [0.1, 0.15) is 18.2 Å². The Hall–Kier alpha value is -0.640. The number of urea groups is 1. The summed E-state index contributed by atoms with van der Waals surface area (Å²) in [7, 11) is -16.6. The van der Waals surface area contributed by atoms with Crippen LogP contribution in [0.5, 0.6) is 0 Å². The summed E-state index contributed by atoms with van der Waals surface area (Å²) in [6, 6.07) is -0.776. The molecule has 2 heterocycles. The summed E-state index contributed by atoms with van der Waals surface area (Å²) in [6.45, 7) is -0.970. The molecular weight excluding hydrogens is 483 g/mol. The van der Waals surface area contributed by atoms with Gasteiger partial charge < -0.3 is 35.2 Å². The van der Waals surface area contributed by atoms with Crippen LogP contribution in [0.2, 0.25) is 0 Å². The van der Waals surface area contributed by atoms with Crippen molar-refractivity contribution < 1.29 is 61.1 Å². The van der Waals surface area contributed by atoms with E-state index in [0.29, 0.717) is 0 Å². The summed E-state index contributed by atoms with van der Waals surface area (Å²) < 4.78 is 50.4. The zero-order valence-corrected chi connectivity index (χ0v) is 17.6. The molecule has 0 aromatic carbocycles. The number of ether oxygens (including phenoxy) is 1. The Kier molecular flexibility index (Phi) is 7.51. The van der Waals surface area contributed by atoms with Crippen molar-refractivity contribution >= 4 is 52.4 Å². The van der Waals surface area contributed by atoms with Gasteiger partial charge in [-0.3, -0.25) is 9.42 Å². The lowest BCUT2D eigenvalue weighted by atomic mass is 10.2. The van der Waals surface area contributed by atoms with Gasteiger partial charge in [-0.15, -0.1) is 0 Å². The highest BCUT2D eigenvalue weighted by molar-refractivity contribution is 7.82. The molecule has 2 unspecified atom stereocenters. The van der Waals surface area contributed by atoms with Crippen molar-refractivity contribution in [1.29, 1.82) is 0 Å². The van der Waals surface area contributed by atoms with Crippen LogP contribution in [0, 0.1) is 0 Å². The Labute approximate surface area is 167 Å². The number of aliphatic hydroxyl groups is 1. The van der Waals surface area contributed by atoms with Crippen molar-refractivity contribution in [2.45, 2.75) is 24.9 Å². The van der Waals surface area contributed by atoms with Crippen LogP contribution < -0.4 is 5.73 Å². The van der Waals surface area contributed by atoms with Gasteiger partial charge in [0.05, 0.1) is 24.1 Å². The van der Waals surface area contributed by atoms with E-state index >= 15 is 0 Å². The van der Waals surface area contributed by atoms with E-state index in [2.05, 4.69) is 18.1 Å². The van der Waals surface area contributed by atoms with Crippen molar-refractivity contribution in [3.05, 3.63) is 0 Å². The van der Waals surface area contributed by atoms with E-state index in [1.807, 2.05) is 0 Å². The molecule has 1 saturated heterocycles. The van der Waals surface area contributed by atoms with Crippen LogP contribution >= 0.6 is 35.7 Å². The largest absolute Gasteiger partial charge is 0.490 e. The molecule has 0 aliphatic carbocycles. The molecule has 0 bridgehead atoms. The van der Waals surface area contributed by atoms with Gasteiger partial charge in [-0.05, 0) is 0 Å². The summed E-state index contributed by atoms with van der Waals surface area (Å²) in [5, 5.41) is 10.00. The molecule has 1 fully saturated rings. The maximum Gasteiger partial charge on any atom is 0.490 e. The number of phosphoric ester groups is 1. The second-order valence-corrected chi connectivity index (χ2v) is 10.6. The van der Waals surface area contributed by atoms with Crippen LogP contribution in [0.25, 0.3) is 0 Å². The number of carbonyl (C=O) groups excluding carboxylic acids is 1. The molecule has 2 rings (SSSR count). The lowest BCUT2D eigenvalue weighted by molar-refractivity contribution is -0.0588. The highest BCUT2D eigenvalue weighted by Crippen LogP contribution is 2.66. The molecule has 166 valence electrons. The lowest BCUT2D eigenvalue weighted by Crippen LogP contribution is -2.49. The number of aliphatic imine (C=N–C) groups is 1. The lowest BCUT2D eigenvalue weighted by Gasteiger charge is -2.29. The summed E-state index contributed by atoms with van der Waals surface area (Å²) in [5.41, 5.74) is 5.44. The van der Waals surface area contributed by atoms with Crippen LogP contribution in [0.4, 0.5) is 4.79 Å². The summed E-state index contributed by atoms with van der Waals surface area (Å²) in [5.74, 6) is -0.121. The molecule has 0 saturated carbocycles. The van der Waals surface area contributed by atoms with Gasteiger partial charge in [0.15, 0.2) is 0 Å². The van der Waals surface area contributed by atoms with E-state index in [-0.39, 0.29) is 23.7 Å². The Bertz CT molecular complexity index is 860. The topological polar surface area (TPSA) is 248 Å². The van der Waals surface area contributed by atoms with Gasteiger partial charge in [-0.2, -0.15) is 13.6 Å². The standard InChI is InChI=1S/C9H16N3O13P3S/c10-8-6(29)2-12(9(14)11-8)7-1-4(13)5(23-7)3-22-27(18,19)25-28(20,21)24-26(15,16)17/h4-5,7,13H,1-3H2,(H,18,19)(H,20,21)(H2,10,11,14)(H2,15,16,17)/t4-,5+,7+/m0/s1. The van der Waals surface area contributed by atoms with Crippen LogP contribution in [0.1, 0.15) is 6.42 Å². The maximum absolute atomic E-state index is 11.9. The van der Waals surface area contributed by atoms with Crippen molar-refractivity contribution in [2.24, 2.45) is 10.7 Å². The molecule has 0 spiro atoms. The van der Waals surface area contributed by atoms with E-state index in [4.69, 9.17) is 37.4 Å². The number of phosphoric acid groups is 3. The van der Waals surface area contributed by atoms with Crippen molar-refractivity contribution in [3.8, 4) is 0 Å². The average Bonchev–Trinajstić information content (AvgIpc) is 2.86. The zero-order valence-electron chi connectivity index (χ0n) is 14.1. The molecule has 29 heavy (non-hydrogen) atoms. The molecule has 7 N–H and O–H groups in total. The van der Waals surface area contributed by atoms with Crippen LogP contribution in [0.15, 0.2) is 4.99 Å². The number of nitrogens with zero attached hydrogens (tertiary/aromatic N) is 2. The normalized spacial score (nSPS) is 30.0. The van der Waals surface area contributed by atoms with Crippen molar-refractivity contribution in [1.82, 2.24) is 4.90 Å². The highest BCUT2D eigenvalue weighted by atomic mass is 32.1. The fourth-order valence-electron chi connectivity index (χ4n) is 2.29. The number of amidine groups is 1. The predicted molar refractivity (Wildman–Crippen MR) is 95.4 cm³/mol. The number of thiocarbonyl (C=S) groups is 1. The summed E-state index contributed by atoms with van der Waals surface area (Å²) in [4.78, 5) is 52.0. The number of amides is 2. The molecule has 2 aliphatic rings. The molecule has 0 aromatic heterocycles. The third kappa shape index (κ3) is 7.22. The number of nitrogens with two attached hydrogens (primary N) is 1. The van der Waals surface area contributed by atoms with Gasteiger partial charge in [-0.25, -0.2) is 18.5 Å². The smallest absolute Gasteiger partial charge is 0.390 e. The third-order valence-corrected chi connectivity index (χ3v) is 7.57. The molecule has 2 amide bonds. The van der Waals surface area contributed by atoms with Gasteiger partial charge in [0.2, 0.25) is 0 Å². The quantitative estimate of drug-likeness (QED) is 0.173. The SMILES string of the molecule is NC1=NC(=O)N([C@H]2C[C@H](O)[C@@H](COP(=O)(O)OP(=O)(O)OP(=O)(O)O)O2)CC1=S. The summed E-state index contributed by atoms with van der Waals surface area (Å²) in [6.07, 6.45) is -3.75. The monoisotopic (exact) mass is 499 g/mol. The van der Waals surface area contributed by atoms with Gasteiger partial charge in [-0.1, -0.05) is 12.2 Å². The molecule has 0 aromatic rings.